The summed E-state index contributed by atoms with van der Waals surface area (Å²) in [7, 11) is 6.98. The molecule has 0 atom stereocenters. The summed E-state index contributed by atoms with van der Waals surface area (Å²) in [4.78, 5) is 11.6. The molecular weight excluding hydrogens is 170 g/mol. The quantitative estimate of drug-likeness (QED) is 0.624. The predicted molar refractivity (Wildman–Crippen MR) is 52.5 cm³/mol. The van der Waals surface area contributed by atoms with Crippen LogP contribution in [0.3, 0.4) is 0 Å². The fourth-order valence-corrected chi connectivity index (χ4v) is 0.518. The Bertz CT molecular complexity index is 122. The van der Waals surface area contributed by atoms with Crippen LogP contribution in [0.4, 0.5) is 0 Å². The van der Waals surface area contributed by atoms with E-state index in [4.69, 9.17) is 9.47 Å². The van der Waals surface area contributed by atoms with E-state index in [0.29, 0.717) is 6.42 Å². The van der Waals surface area contributed by atoms with Gasteiger partial charge in [0.15, 0.2) is 0 Å². The Balaban J connectivity index is 0. The van der Waals surface area contributed by atoms with Gasteiger partial charge in [-0.05, 0) is 21.0 Å². The van der Waals surface area contributed by atoms with Gasteiger partial charge in [-0.2, -0.15) is 0 Å². The topological polar surface area (TPSA) is 38.8 Å². The Labute approximate surface area is 80.8 Å². The fourth-order valence-electron chi connectivity index (χ4n) is 0.518. The lowest BCUT2D eigenvalue weighted by Gasteiger charge is -2.19. The number of carbonyl (C=O) groups is 1. The molecule has 0 heterocycles. The van der Waals surface area contributed by atoms with Crippen molar-refractivity contribution in [3.8, 4) is 0 Å². The van der Waals surface area contributed by atoms with E-state index in [1.54, 1.807) is 21.1 Å². The number of nitrogens with zero attached hydrogens (tertiary/aromatic N) is 1. The van der Waals surface area contributed by atoms with Gasteiger partial charge in [0.2, 0.25) is 6.41 Å². The Hall–Kier alpha value is -0.450. The molecule has 0 saturated heterocycles. The van der Waals surface area contributed by atoms with Gasteiger partial charge in [-0.25, -0.2) is 0 Å². The van der Waals surface area contributed by atoms with Crippen LogP contribution in [0.15, 0.2) is 0 Å². The van der Waals surface area contributed by atoms with Crippen LogP contribution in [0.1, 0.15) is 20.3 Å². The van der Waals surface area contributed by atoms with Crippen molar-refractivity contribution < 1.29 is 14.3 Å². The summed E-state index contributed by atoms with van der Waals surface area (Å²) in [6, 6.07) is 0. The first kappa shape index (κ1) is 15.0. The van der Waals surface area contributed by atoms with Gasteiger partial charge in [-0.15, -0.1) is 0 Å². The molecule has 0 saturated carbocycles. The Morgan fingerprint density at radius 3 is 1.62 bits per heavy atom. The van der Waals surface area contributed by atoms with Crippen LogP contribution in [0.25, 0.3) is 0 Å². The highest BCUT2D eigenvalue weighted by Gasteiger charge is 2.04. The van der Waals surface area contributed by atoms with Crippen LogP contribution in [0.2, 0.25) is 0 Å². The average Bonchev–Trinajstić information content (AvgIpc) is 2.07. The number of ether oxygens (including phenoxy) is 2. The number of hydrogen-bond donors (Lipinski definition) is 0. The first-order valence-electron chi connectivity index (χ1n) is 4.21. The highest BCUT2D eigenvalue weighted by Crippen LogP contribution is 1.91. The van der Waals surface area contributed by atoms with Crippen LogP contribution < -0.4 is 0 Å². The summed E-state index contributed by atoms with van der Waals surface area (Å²) in [5.41, 5.74) is 0. The van der Waals surface area contributed by atoms with E-state index in [1.807, 2.05) is 25.9 Å². The summed E-state index contributed by atoms with van der Waals surface area (Å²) in [6.07, 6.45) is 0.454. The van der Waals surface area contributed by atoms with Gasteiger partial charge < -0.3 is 14.3 Å². The van der Waals surface area contributed by atoms with Gasteiger partial charge in [0.05, 0.1) is 0 Å². The van der Waals surface area contributed by atoms with Crippen molar-refractivity contribution in [2.24, 2.45) is 0 Å². The number of hydrogen-bond acceptors (Lipinski definition) is 4. The molecule has 0 radical (unpaired) electrons. The molecule has 0 aliphatic heterocycles. The lowest BCUT2D eigenvalue weighted by atomic mass is 10.4. The minimum absolute atomic E-state index is 0.213. The second-order valence-corrected chi connectivity index (χ2v) is 2.80. The van der Waals surface area contributed by atoms with Gasteiger partial charge >= 0.3 is 0 Å². The van der Waals surface area contributed by atoms with Crippen LogP contribution in [0.5, 0.6) is 0 Å². The molecule has 0 fully saturated rings. The molecule has 4 heteroatoms. The monoisotopic (exact) mass is 191 g/mol. The van der Waals surface area contributed by atoms with Crippen molar-refractivity contribution in [2.45, 2.75) is 26.7 Å². The smallest absolute Gasteiger partial charge is 0.217 e. The molecule has 0 unspecified atom stereocenters. The Morgan fingerprint density at radius 2 is 1.62 bits per heavy atom. The number of ketones is 1. The molecule has 0 rings (SSSR count). The third kappa shape index (κ3) is 11.5. The Morgan fingerprint density at radius 1 is 1.31 bits per heavy atom. The summed E-state index contributed by atoms with van der Waals surface area (Å²) in [6.45, 7) is 3.43. The van der Waals surface area contributed by atoms with E-state index in [9.17, 15) is 4.79 Å². The predicted octanol–water partition coefficient (Wildman–Crippen LogP) is 1.11. The largest absolute Gasteiger partial charge is 0.343 e. The van der Waals surface area contributed by atoms with Crippen molar-refractivity contribution in [1.82, 2.24) is 4.90 Å². The molecule has 0 spiro atoms. The molecular formula is C9H21NO3. The molecule has 0 aromatic rings. The zero-order valence-corrected chi connectivity index (χ0v) is 9.46. The van der Waals surface area contributed by atoms with Gasteiger partial charge in [-0.3, -0.25) is 4.90 Å². The minimum Gasteiger partial charge on any atom is -0.343 e. The molecule has 0 aliphatic carbocycles. The molecule has 0 N–H and O–H groups in total. The van der Waals surface area contributed by atoms with Crippen molar-refractivity contribution in [3.63, 3.8) is 0 Å². The van der Waals surface area contributed by atoms with Gasteiger partial charge in [-0.1, -0.05) is 6.92 Å². The van der Waals surface area contributed by atoms with Gasteiger partial charge in [0.1, 0.15) is 5.78 Å². The summed E-state index contributed by atoms with van der Waals surface area (Å²) >= 11 is 0. The number of Topliss-reactive ketones (excluding diaryl/α,β-unsaturated/α-hetero) is 1. The molecule has 13 heavy (non-hydrogen) atoms. The maximum atomic E-state index is 9.81. The van der Waals surface area contributed by atoms with Crippen molar-refractivity contribution in [2.75, 3.05) is 28.3 Å². The van der Waals surface area contributed by atoms with Crippen LogP contribution in [0, 0.1) is 0 Å². The van der Waals surface area contributed by atoms with Crippen molar-refractivity contribution in [3.05, 3.63) is 0 Å². The molecule has 0 aliphatic rings. The van der Waals surface area contributed by atoms with Crippen molar-refractivity contribution in [1.29, 1.82) is 0 Å². The van der Waals surface area contributed by atoms with E-state index in [2.05, 4.69) is 0 Å². The van der Waals surface area contributed by atoms with Crippen LogP contribution in [-0.2, 0) is 14.3 Å². The minimum atomic E-state index is -0.213. The molecule has 0 bridgehead atoms. The van der Waals surface area contributed by atoms with Crippen molar-refractivity contribution >= 4 is 5.78 Å². The van der Waals surface area contributed by atoms with E-state index >= 15 is 0 Å². The molecule has 4 nitrogen and oxygen atoms in total. The molecule has 0 amide bonds. The average molecular weight is 191 g/mol. The second kappa shape index (κ2) is 9.64. The third-order valence-electron chi connectivity index (χ3n) is 1.32. The number of rotatable bonds is 4. The molecule has 0 aromatic carbocycles. The number of carbonyl (C=O) groups excluding carboxylic acids is 1. The standard InChI is InChI=1S/C5H13NO2.C4H8O/c1-6(2)5(7-3)8-4;1-3-4(2)5/h5H,1-4H3;3H2,1-2H3. The summed E-state index contributed by atoms with van der Waals surface area (Å²) in [5.74, 6) is 0.255. The lowest BCUT2D eigenvalue weighted by molar-refractivity contribution is -0.179. The van der Waals surface area contributed by atoms with Gasteiger partial charge in [0.25, 0.3) is 0 Å². The van der Waals surface area contributed by atoms with Gasteiger partial charge in [0, 0.05) is 20.6 Å². The fraction of sp³-hybridized carbons (Fsp3) is 0.889. The first-order chi connectivity index (χ1) is 5.99. The van der Waals surface area contributed by atoms with Crippen LogP contribution in [-0.4, -0.2) is 45.4 Å². The highest BCUT2D eigenvalue weighted by atomic mass is 16.7. The highest BCUT2D eigenvalue weighted by molar-refractivity contribution is 5.74. The summed E-state index contributed by atoms with van der Waals surface area (Å²) in [5, 5.41) is 0. The second-order valence-electron chi connectivity index (χ2n) is 2.80. The molecule has 0 aromatic heterocycles. The summed E-state index contributed by atoms with van der Waals surface area (Å²) < 4.78 is 9.73. The first-order valence-corrected chi connectivity index (χ1v) is 4.21. The normalized spacial score (nSPS) is 9.85. The third-order valence-corrected chi connectivity index (χ3v) is 1.32. The van der Waals surface area contributed by atoms with E-state index < -0.39 is 0 Å². The van der Waals surface area contributed by atoms with E-state index in [0.717, 1.165) is 0 Å². The maximum absolute atomic E-state index is 9.81. The maximum Gasteiger partial charge on any atom is 0.217 e. The lowest BCUT2D eigenvalue weighted by Crippen LogP contribution is -2.30. The Kier molecular flexibility index (Phi) is 11.2. The molecule has 80 valence electrons. The van der Waals surface area contributed by atoms with E-state index in [-0.39, 0.29) is 12.2 Å². The zero-order chi connectivity index (χ0) is 10.9. The SMILES string of the molecule is CCC(C)=O.COC(OC)N(C)C. The van der Waals surface area contributed by atoms with Crippen LogP contribution >= 0.6 is 0 Å². The zero-order valence-electron chi connectivity index (χ0n) is 9.46. The number of methoxy groups -OCH3 is 2. The van der Waals surface area contributed by atoms with E-state index in [1.165, 1.54) is 0 Å².